The Labute approximate surface area is 144 Å². The van der Waals surface area contributed by atoms with Crippen molar-refractivity contribution < 1.29 is 9.53 Å². The SMILES string of the molecule is COc1ccc(C)c2sc(NC(=O)c3cc(C)nn3C(C)C)nc12. The van der Waals surface area contributed by atoms with Crippen LogP contribution in [-0.2, 0) is 0 Å². The average Bonchev–Trinajstić information content (AvgIpc) is 3.12. The number of aryl methyl sites for hydroxylation is 2. The summed E-state index contributed by atoms with van der Waals surface area (Å²) in [5, 5.41) is 7.82. The number of hydrogen-bond donors (Lipinski definition) is 1. The molecule has 0 saturated heterocycles. The Hall–Kier alpha value is -2.41. The molecule has 0 bridgehead atoms. The number of methoxy groups -OCH3 is 1. The van der Waals surface area contributed by atoms with E-state index in [-0.39, 0.29) is 11.9 Å². The van der Waals surface area contributed by atoms with E-state index in [1.165, 1.54) is 11.3 Å². The van der Waals surface area contributed by atoms with E-state index in [1.54, 1.807) is 17.9 Å². The van der Waals surface area contributed by atoms with E-state index < -0.39 is 0 Å². The molecule has 0 aliphatic rings. The number of hydrogen-bond acceptors (Lipinski definition) is 5. The molecular weight excluding hydrogens is 324 g/mol. The highest BCUT2D eigenvalue weighted by Gasteiger charge is 2.18. The monoisotopic (exact) mass is 344 g/mol. The van der Waals surface area contributed by atoms with Gasteiger partial charge in [-0.3, -0.25) is 14.8 Å². The van der Waals surface area contributed by atoms with Crippen LogP contribution in [0.3, 0.4) is 0 Å². The number of carbonyl (C=O) groups excluding carboxylic acids is 1. The highest BCUT2D eigenvalue weighted by molar-refractivity contribution is 7.22. The number of carbonyl (C=O) groups is 1. The molecule has 0 radical (unpaired) electrons. The molecule has 7 heteroatoms. The molecule has 0 unspecified atom stereocenters. The van der Waals surface area contributed by atoms with Gasteiger partial charge in [-0.15, -0.1) is 0 Å². The van der Waals surface area contributed by atoms with Crippen molar-refractivity contribution in [3.8, 4) is 5.75 Å². The molecule has 1 amide bonds. The Morgan fingerprint density at radius 1 is 1.33 bits per heavy atom. The fraction of sp³-hybridized carbons (Fsp3) is 0.353. The van der Waals surface area contributed by atoms with E-state index in [9.17, 15) is 4.79 Å². The molecule has 3 rings (SSSR count). The maximum absolute atomic E-state index is 12.6. The lowest BCUT2D eigenvalue weighted by molar-refractivity contribution is 0.101. The van der Waals surface area contributed by atoms with Gasteiger partial charge in [-0.2, -0.15) is 5.10 Å². The zero-order chi connectivity index (χ0) is 17.4. The van der Waals surface area contributed by atoms with E-state index in [0.29, 0.717) is 16.6 Å². The molecule has 0 atom stereocenters. The lowest BCUT2D eigenvalue weighted by Gasteiger charge is -2.09. The summed E-state index contributed by atoms with van der Waals surface area (Å²) in [7, 11) is 1.62. The maximum atomic E-state index is 12.6. The summed E-state index contributed by atoms with van der Waals surface area (Å²) in [6.07, 6.45) is 0. The van der Waals surface area contributed by atoms with Gasteiger partial charge in [0.1, 0.15) is 17.0 Å². The summed E-state index contributed by atoms with van der Waals surface area (Å²) in [6, 6.07) is 5.77. The zero-order valence-corrected chi connectivity index (χ0v) is 15.2. The second kappa shape index (κ2) is 6.24. The minimum Gasteiger partial charge on any atom is -0.494 e. The lowest BCUT2D eigenvalue weighted by atomic mass is 10.2. The van der Waals surface area contributed by atoms with Gasteiger partial charge in [0.2, 0.25) is 0 Å². The third-order valence-electron chi connectivity index (χ3n) is 3.72. The smallest absolute Gasteiger partial charge is 0.275 e. The Kier molecular flexibility index (Phi) is 4.28. The first-order valence-corrected chi connectivity index (χ1v) is 8.54. The Balaban J connectivity index is 1.95. The van der Waals surface area contributed by atoms with Crippen LogP contribution in [0.4, 0.5) is 5.13 Å². The Morgan fingerprint density at radius 3 is 2.75 bits per heavy atom. The standard InChI is InChI=1S/C17H20N4O2S/c1-9(2)21-12(8-11(4)20-21)16(22)19-17-18-14-13(23-5)7-6-10(3)15(14)24-17/h6-9H,1-5H3,(H,18,19,22). The number of anilines is 1. The van der Waals surface area contributed by atoms with Crippen LogP contribution >= 0.6 is 11.3 Å². The molecule has 0 aliphatic carbocycles. The number of aromatic nitrogens is 3. The van der Waals surface area contributed by atoms with Crippen LogP contribution in [0.2, 0.25) is 0 Å². The van der Waals surface area contributed by atoms with Gasteiger partial charge in [0, 0.05) is 6.04 Å². The van der Waals surface area contributed by atoms with Gasteiger partial charge in [-0.1, -0.05) is 17.4 Å². The third-order valence-corrected chi connectivity index (χ3v) is 4.83. The summed E-state index contributed by atoms with van der Waals surface area (Å²) in [4.78, 5) is 17.2. The normalized spacial score (nSPS) is 11.2. The summed E-state index contributed by atoms with van der Waals surface area (Å²) in [6.45, 7) is 7.88. The van der Waals surface area contributed by atoms with Crippen LogP contribution in [0.1, 0.15) is 41.6 Å². The van der Waals surface area contributed by atoms with Crippen molar-refractivity contribution in [1.29, 1.82) is 0 Å². The molecule has 3 aromatic rings. The van der Waals surface area contributed by atoms with Crippen molar-refractivity contribution in [3.63, 3.8) is 0 Å². The molecule has 1 N–H and O–H groups in total. The predicted molar refractivity (Wildman–Crippen MR) is 96.2 cm³/mol. The van der Waals surface area contributed by atoms with Crippen LogP contribution in [-0.4, -0.2) is 27.8 Å². The molecule has 6 nitrogen and oxygen atoms in total. The van der Waals surface area contributed by atoms with Gasteiger partial charge >= 0.3 is 0 Å². The largest absolute Gasteiger partial charge is 0.494 e. The van der Waals surface area contributed by atoms with Crippen molar-refractivity contribution in [2.24, 2.45) is 0 Å². The number of rotatable bonds is 4. The van der Waals surface area contributed by atoms with Crippen molar-refractivity contribution in [2.75, 3.05) is 12.4 Å². The van der Waals surface area contributed by atoms with Gasteiger partial charge in [0.25, 0.3) is 5.91 Å². The second-order valence-corrected chi connectivity index (χ2v) is 6.94. The summed E-state index contributed by atoms with van der Waals surface area (Å²) in [5.41, 5.74) is 3.22. The first-order chi connectivity index (χ1) is 11.4. The van der Waals surface area contributed by atoms with Gasteiger partial charge in [-0.05, 0) is 45.4 Å². The zero-order valence-electron chi connectivity index (χ0n) is 14.4. The fourth-order valence-electron chi connectivity index (χ4n) is 2.57. The number of nitrogens with zero attached hydrogens (tertiary/aromatic N) is 3. The molecule has 2 heterocycles. The van der Waals surface area contributed by atoms with E-state index in [0.717, 1.165) is 21.5 Å². The van der Waals surface area contributed by atoms with Crippen LogP contribution in [0.15, 0.2) is 18.2 Å². The molecule has 24 heavy (non-hydrogen) atoms. The minimum atomic E-state index is -0.208. The summed E-state index contributed by atoms with van der Waals surface area (Å²) < 4.78 is 8.09. The first kappa shape index (κ1) is 16.4. The highest BCUT2D eigenvalue weighted by atomic mass is 32.1. The average molecular weight is 344 g/mol. The van der Waals surface area contributed by atoms with Gasteiger partial charge < -0.3 is 4.74 Å². The van der Waals surface area contributed by atoms with Crippen molar-refractivity contribution in [1.82, 2.24) is 14.8 Å². The quantitative estimate of drug-likeness (QED) is 0.778. The molecule has 0 fully saturated rings. The molecular formula is C17H20N4O2S. The highest BCUT2D eigenvalue weighted by Crippen LogP contribution is 2.34. The molecule has 0 aliphatic heterocycles. The van der Waals surface area contributed by atoms with Gasteiger partial charge in [-0.25, -0.2) is 4.98 Å². The molecule has 126 valence electrons. The van der Waals surface area contributed by atoms with Crippen LogP contribution in [0, 0.1) is 13.8 Å². The molecule has 0 saturated carbocycles. The first-order valence-electron chi connectivity index (χ1n) is 7.72. The predicted octanol–water partition coefficient (Wildman–Crippen LogP) is 3.95. The van der Waals surface area contributed by atoms with Crippen LogP contribution < -0.4 is 10.1 Å². The van der Waals surface area contributed by atoms with E-state index in [2.05, 4.69) is 15.4 Å². The number of thiazole rings is 1. The second-order valence-electron chi connectivity index (χ2n) is 5.94. The van der Waals surface area contributed by atoms with Crippen LogP contribution in [0.5, 0.6) is 5.75 Å². The topological polar surface area (TPSA) is 69.0 Å². The molecule has 1 aromatic carbocycles. The van der Waals surface area contributed by atoms with E-state index in [1.807, 2.05) is 39.8 Å². The van der Waals surface area contributed by atoms with Gasteiger partial charge in [0.05, 0.1) is 17.5 Å². The molecule has 2 aromatic heterocycles. The molecule has 0 spiro atoms. The number of ether oxygens (including phenoxy) is 1. The fourth-order valence-corrected chi connectivity index (χ4v) is 3.51. The van der Waals surface area contributed by atoms with Crippen molar-refractivity contribution >= 4 is 32.6 Å². The summed E-state index contributed by atoms with van der Waals surface area (Å²) in [5.74, 6) is 0.496. The Morgan fingerprint density at radius 2 is 2.08 bits per heavy atom. The van der Waals surface area contributed by atoms with Crippen molar-refractivity contribution in [3.05, 3.63) is 35.2 Å². The maximum Gasteiger partial charge on any atom is 0.275 e. The lowest BCUT2D eigenvalue weighted by Crippen LogP contribution is -2.18. The van der Waals surface area contributed by atoms with Gasteiger partial charge in [0.15, 0.2) is 5.13 Å². The number of benzene rings is 1. The van der Waals surface area contributed by atoms with E-state index >= 15 is 0 Å². The Bertz CT molecular complexity index is 911. The van der Waals surface area contributed by atoms with Crippen LogP contribution in [0.25, 0.3) is 10.2 Å². The minimum absolute atomic E-state index is 0.108. The summed E-state index contributed by atoms with van der Waals surface area (Å²) >= 11 is 1.44. The number of amides is 1. The third kappa shape index (κ3) is 2.87. The number of fused-ring (bicyclic) bond motifs is 1. The van der Waals surface area contributed by atoms with E-state index in [4.69, 9.17) is 4.74 Å². The number of nitrogens with one attached hydrogen (secondary N) is 1. The van der Waals surface area contributed by atoms with Crippen molar-refractivity contribution in [2.45, 2.75) is 33.7 Å².